The third kappa shape index (κ3) is 3.58. The number of carbonyl (C=O) groups excluding carboxylic acids is 2. The van der Waals surface area contributed by atoms with Crippen molar-refractivity contribution in [1.29, 1.82) is 0 Å². The van der Waals surface area contributed by atoms with Crippen LogP contribution < -0.4 is 10.7 Å². The number of hydrogen-bond donors (Lipinski definition) is 2. The van der Waals surface area contributed by atoms with Gasteiger partial charge in [-0.05, 0) is 28.0 Å². The SMILES string of the molecule is O=C1NC[C@H](c2ccccc2)[C@H]1C(=O)N/N=C\c1ccc2ccccc2c1. The van der Waals surface area contributed by atoms with Crippen LogP contribution in [0.2, 0.25) is 0 Å². The first-order valence-electron chi connectivity index (χ1n) is 8.87. The van der Waals surface area contributed by atoms with Crippen LogP contribution in [0.25, 0.3) is 10.8 Å². The van der Waals surface area contributed by atoms with Gasteiger partial charge in [0.15, 0.2) is 0 Å². The lowest BCUT2D eigenvalue weighted by atomic mass is 9.88. The topological polar surface area (TPSA) is 70.6 Å². The molecule has 134 valence electrons. The Labute approximate surface area is 157 Å². The third-order valence-electron chi connectivity index (χ3n) is 4.85. The van der Waals surface area contributed by atoms with Crippen molar-refractivity contribution in [2.75, 3.05) is 6.54 Å². The molecule has 5 nitrogen and oxygen atoms in total. The molecule has 2 amide bonds. The summed E-state index contributed by atoms with van der Waals surface area (Å²) in [6, 6.07) is 23.6. The maximum atomic E-state index is 12.6. The van der Waals surface area contributed by atoms with E-state index in [-0.39, 0.29) is 11.8 Å². The van der Waals surface area contributed by atoms with Crippen LogP contribution in [0.3, 0.4) is 0 Å². The third-order valence-corrected chi connectivity index (χ3v) is 4.85. The van der Waals surface area contributed by atoms with Gasteiger partial charge in [0.05, 0.1) is 6.21 Å². The van der Waals surface area contributed by atoms with Crippen LogP contribution in [0.1, 0.15) is 17.0 Å². The zero-order valence-corrected chi connectivity index (χ0v) is 14.6. The molecular formula is C22H19N3O2. The molecule has 4 rings (SSSR count). The van der Waals surface area contributed by atoms with Gasteiger partial charge in [-0.25, -0.2) is 5.43 Å². The van der Waals surface area contributed by atoms with Crippen molar-refractivity contribution in [3.8, 4) is 0 Å². The number of carbonyl (C=O) groups is 2. The zero-order valence-electron chi connectivity index (χ0n) is 14.6. The normalized spacial score (nSPS) is 19.3. The number of nitrogens with one attached hydrogen (secondary N) is 2. The highest BCUT2D eigenvalue weighted by molar-refractivity contribution is 6.03. The summed E-state index contributed by atoms with van der Waals surface area (Å²) in [6.07, 6.45) is 1.59. The summed E-state index contributed by atoms with van der Waals surface area (Å²) in [4.78, 5) is 24.7. The van der Waals surface area contributed by atoms with Crippen molar-refractivity contribution in [1.82, 2.24) is 10.7 Å². The van der Waals surface area contributed by atoms with E-state index in [1.165, 1.54) is 0 Å². The van der Waals surface area contributed by atoms with Crippen LogP contribution in [0.15, 0.2) is 77.9 Å². The molecule has 3 aromatic rings. The van der Waals surface area contributed by atoms with E-state index in [9.17, 15) is 9.59 Å². The summed E-state index contributed by atoms with van der Waals surface area (Å²) in [6.45, 7) is 0.454. The number of amides is 2. The van der Waals surface area contributed by atoms with E-state index in [1.54, 1.807) is 6.21 Å². The average molecular weight is 357 g/mol. The minimum Gasteiger partial charge on any atom is -0.355 e. The van der Waals surface area contributed by atoms with Gasteiger partial charge in [-0.2, -0.15) is 5.10 Å². The average Bonchev–Trinajstić information content (AvgIpc) is 3.10. The van der Waals surface area contributed by atoms with Gasteiger partial charge < -0.3 is 5.32 Å². The number of hydrogen-bond acceptors (Lipinski definition) is 3. The van der Waals surface area contributed by atoms with Crippen LogP contribution in [-0.2, 0) is 9.59 Å². The summed E-state index contributed by atoms with van der Waals surface area (Å²) < 4.78 is 0. The van der Waals surface area contributed by atoms with Crippen molar-refractivity contribution in [3.05, 3.63) is 83.9 Å². The van der Waals surface area contributed by atoms with E-state index >= 15 is 0 Å². The van der Waals surface area contributed by atoms with Gasteiger partial charge in [0.25, 0.3) is 5.91 Å². The van der Waals surface area contributed by atoms with Gasteiger partial charge in [0, 0.05) is 12.5 Å². The molecule has 0 saturated carbocycles. The molecule has 1 saturated heterocycles. The minimum atomic E-state index is -0.777. The summed E-state index contributed by atoms with van der Waals surface area (Å²) in [5.41, 5.74) is 4.37. The first-order valence-corrected chi connectivity index (χ1v) is 8.87. The molecule has 0 spiro atoms. The van der Waals surface area contributed by atoms with E-state index < -0.39 is 11.8 Å². The first-order chi connectivity index (χ1) is 13.2. The molecule has 5 heteroatoms. The number of fused-ring (bicyclic) bond motifs is 1. The lowest BCUT2D eigenvalue weighted by Crippen LogP contribution is -2.34. The summed E-state index contributed by atoms with van der Waals surface area (Å²) >= 11 is 0. The maximum absolute atomic E-state index is 12.6. The Hall–Kier alpha value is -3.47. The maximum Gasteiger partial charge on any atom is 0.253 e. The Morgan fingerprint density at radius 3 is 2.56 bits per heavy atom. The smallest absolute Gasteiger partial charge is 0.253 e. The predicted molar refractivity (Wildman–Crippen MR) is 105 cm³/mol. The predicted octanol–water partition coefficient (Wildman–Crippen LogP) is 2.82. The monoisotopic (exact) mass is 357 g/mol. The first kappa shape index (κ1) is 17.0. The van der Waals surface area contributed by atoms with Gasteiger partial charge in [-0.3, -0.25) is 9.59 Å². The molecule has 0 aliphatic carbocycles. The van der Waals surface area contributed by atoms with E-state index in [1.807, 2.05) is 72.8 Å². The molecule has 0 aromatic heterocycles. The molecule has 2 N–H and O–H groups in total. The van der Waals surface area contributed by atoms with Crippen molar-refractivity contribution < 1.29 is 9.59 Å². The molecule has 1 aliphatic rings. The Kier molecular flexibility index (Phi) is 4.66. The van der Waals surface area contributed by atoms with Crippen molar-refractivity contribution in [2.45, 2.75) is 5.92 Å². The fourth-order valence-electron chi connectivity index (χ4n) is 3.46. The largest absolute Gasteiger partial charge is 0.355 e. The second kappa shape index (κ2) is 7.41. The Morgan fingerprint density at radius 1 is 1.00 bits per heavy atom. The Balaban J connectivity index is 1.47. The molecular weight excluding hydrogens is 338 g/mol. The van der Waals surface area contributed by atoms with Gasteiger partial charge in [0.1, 0.15) is 5.92 Å². The molecule has 1 aliphatic heterocycles. The van der Waals surface area contributed by atoms with E-state index in [4.69, 9.17) is 0 Å². The van der Waals surface area contributed by atoms with Crippen LogP contribution >= 0.6 is 0 Å². The van der Waals surface area contributed by atoms with Gasteiger partial charge in [0.2, 0.25) is 5.91 Å². The van der Waals surface area contributed by atoms with E-state index in [0.717, 1.165) is 21.9 Å². The molecule has 2 atom stereocenters. The number of rotatable bonds is 4. The lowest BCUT2D eigenvalue weighted by molar-refractivity contribution is -0.133. The van der Waals surface area contributed by atoms with Gasteiger partial charge in [-0.15, -0.1) is 0 Å². The highest BCUT2D eigenvalue weighted by Gasteiger charge is 2.40. The van der Waals surface area contributed by atoms with Crippen LogP contribution in [0, 0.1) is 5.92 Å². The molecule has 0 unspecified atom stereocenters. The quantitative estimate of drug-likeness (QED) is 0.428. The summed E-state index contributed by atoms with van der Waals surface area (Å²) in [7, 11) is 0. The van der Waals surface area contributed by atoms with E-state index in [0.29, 0.717) is 6.54 Å². The Morgan fingerprint density at radius 2 is 1.74 bits per heavy atom. The van der Waals surface area contributed by atoms with Crippen LogP contribution in [-0.4, -0.2) is 24.6 Å². The standard InChI is InChI=1S/C22H19N3O2/c26-21-20(19(14-23-21)17-7-2-1-3-8-17)22(27)25-24-13-15-10-11-16-6-4-5-9-18(16)12-15/h1-13,19-20H,14H2,(H,23,26)(H,25,27)/b24-13-/t19-,20-/m1/s1. The van der Waals surface area contributed by atoms with Gasteiger partial charge >= 0.3 is 0 Å². The van der Waals surface area contributed by atoms with Gasteiger partial charge in [-0.1, -0.05) is 66.7 Å². The van der Waals surface area contributed by atoms with E-state index in [2.05, 4.69) is 15.8 Å². The van der Waals surface area contributed by atoms with Crippen molar-refractivity contribution in [2.24, 2.45) is 11.0 Å². The number of benzene rings is 3. The number of hydrazone groups is 1. The Bertz CT molecular complexity index is 1010. The fourth-order valence-corrected chi connectivity index (χ4v) is 3.46. The molecule has 0 radical (unpaired) electrons. The highest BCUT2D eigenvalue weighted by atomic mass is 16.2. The zero-order chi connectivity index (χ0) is 18.6. The summed E-state index contributed by atoms with van der Waals surface area (Å²) in [5.74, 6) is -1.62. The van der Waals surface area contributed by atoms with Crippen molar-refractivity contribution in [3.63, 3.8) is 0 Å². The van der Waals surface area contributed by atoms with Crippen LogP contribution in [0.4, 0.5) is 0 Å². The number of nitrogens with zero attached hydrogens (tertiary/aromatic N) is 1. The van der Waals surface area contributed by atoms with Crippen LogP contribution in [0.5, 0.6) is 0 Å². The highest BCUT2D eigenvalue weighted by Crippen LogP contribution is 2.29. The second-order valence-corrected chi connectivity index (χ2v) is 6.58. The summed E-state index contributed by atoms with van der Waals surface area (Å²) in [5, 5.41) is 9.08. The fraction of sp³-hybridized carbons (Fsp3) is 0.136. The van der Waals surface area contributed by atoms with Crippen molar-refractivity contribution >= 4 is 28.8 Å². The molecule has 1 heterocycles. The lowest BCUT2D eigenvalue weighted by Gasteiger charge is -2.15. The second-order valence-electron chi connectivity index (χ2n) is 6.58. The molecule has 1 fully saturated rings. The molecule has 0 bridgehead atoms. The molecule has 3 aromatic carbocycles. The molecule has 27 heavy (non-hydrogen) atoms. The minimum absolute atomic E-state index is 0.186.